The smallest absolute Gasteiger partial charge is 0.307 e. The summed E-state index contributed by atoms with van der Waals surface area (Å²) in [6, 6.07) is 0. The molecule has 0 saturated carbocycles. The van der Waals surface area contributed by atoms with E-state index in [0.717, 1.165) is 19.6 Å². The predicted octanol–water partition coefficient (Wildman–Crippen LogP) is 1.30. The number of aryl methyl sites for hydroxylation is 1. The third-order valence-electron chi connectivity index (χ3n) is 3.25. The van der Waals surface area contributed by atoms with Gasteiger partial charge in [-0.05, 0) is 25.9 Å². The molecule has 0 radical (unpaired) electrons. The van der Waals surface area contributed by atoms with Gasteiger partial charge in [-0.3, -0.25) is 9.69 Å². The predicted molar refractivity (Wildman–Crippen MR) is 68.1 cm³/mol. The first kappa shape index (κ1) is 13.1. The zero-order valence-corrected chi connectivity index (χ0v) is 10.8. The Kier molecular flexibility index (Phi) is 5.20. The Balaban J connectivity index is 1.54. The molecule has 5 heteroatoms. The van der Waals surface area contributed by atoms with Crippen molar-refractivity contribution >= 4 is 5.97 Å². The van der Waals surface area contributed by atoms with Gasteiger partial charge in [0.1, 0.15) is 6.61 Å². The number of esters is 1. The second kappa shape index (κ2) is 7.16. The molecule has 0 aliphatic carbocycles. The van der Waals surface area contributed by atoms with Gasteiger partial charge in [-0.15, -0.1) is 0 Å². The average molecular weight is 251 g/mol. The van der Waals surface area contributed by atoms with Crippen molar-refractivity contribution < 1.29 is 9.53 Å². The van der Waals surface area contributed by atoms with E-state index >= 15 is 0 Å². The van der Waals surface area contributed by atoms with E-state index in [9.17, 15) is 4.79 Å². The Bertz CT molecular complexity index is 345. The summed E-state index contributed by atoms with van der Waals surface area (Å²) in [5.41, 5.74) is 0. The van der Waals surface area contributed by atoms with Crippen molar-refractivity contribution in [1.29, 1.82) is 0 Å². The first-order valence-electron chi connectivity index (χ1n) is 6.68. The van der Waals surface area contributed by atoms with E-state index < -0.39 is 0 Å². The van der Waals surface area contributed by atoms with Crippen LogP contribution < -0.4 is 0 Å². The number of ether oxygens (including phenoxy) is 1. The Labute approximate surface area is 108 Å². The minimum absolute atomic E-state index is 0.124. The molecule has 18 heavy (non-hydrogen) atoms. The summed E-state index contributed by atoms with van der Waals surface area (Å²) in [6.45, 7) is 4.32. The molecule has 0 atom stereocenters. The maximum Gasteiger partial charge on any atom is 0.307 e. The lowest BCUT2D eigenvalue weighted by Crippen LogP contribution is -2.33. The zero-order chi connectivity index (χ0) is 12.6. The lowest BCUT2D eigenvalue weighted by Gasteiger charge is -2.25. The van der Waals surface area contributed by atoms with E-state index in [-0.39, 0.29) is 5.97 Å². The summed E-state index contributed by atoms with van der Waals surface area (Å²) < 4.78 is 7.11. The third kappa shape index (κ3) is 4.49. The normalized spacial score (nSPS) is 16.7. The number of rotatable bonds is 6. The maximum absolute atomic E-state index is 11.5. The van der Waals surface area contributed by atoms with E-state index in [0.29, 0.717) is 19.6 Å². The standard InChI is InChI=1S/C13H21N3O2/c17-13(4-8-16-9-5-14-12-16)18-11-10-15-6-2-1-3-7-15/h5,9,12H,1-4,6-8,10-11H2. The second-order valence-corrected chi connectivity index (χ2v) is 4.67. The molecule has 1 aliphatic rings. The Morgan fingerprint density at radius 1 is 1.22 bits per heavy atom. The molecule has 0 unspecified atom stereocenters. The fourth-order valence-corrected chi connectivity index (χ4v) is 2.18. The van der Waals surface area contributed by atoms with Crippen molar-refractivity contribution in [2.75, 3.05) is 26.2 Å². The minimum Gasteiger partial charge on any atom is -0.464 e. The highest BCUT2D eigenvalue weighted by atomic mass is 16.5. The van der Waals surface area contributed by atoms with Gasteiger partial charge < -0.3 is 9.30 Å². The summed E-state index contributed by atoms with van der Waals surface area (Å²) >= 11 is 0. The number of hydrogen-bond donors (Lipinski definition) is 0. The molecule has 0 spiro atoms. The van der Waals surface area contributed by atoms with Crippen LogP contribution in [0.5, 0.6) is 0 Å². The molecular weight excluding hydrogens is 230 g/mol. The summed E-state index contributed by atoms with van der Waals surface area (Å²) in [6.07, 6.45) is 9.56. The van der Waals surface area contributed by atoms with Crippen LogP contribution in [0.4, 0.5) is 0 Å². The molecule has 1 saturated heterocycles. The van der Waals surface area contributed by atoms with Crippen LogP contribution in [-0.4, -0.2) is 46.7 Å². The molecule has 0 bridgehead atoms. The second-order valence-electron chi connectivity index (χ2n) is 4.67. The van der Waals surface area contributed by atoms with Crippen LogP contribution in [0.2, 0.25) is 0 Å². The average Bonchev–Trinajstić information content (AvgIpc) is 2.91. The Morgan fingerprint density at radius 3 is 2.78 bits per heavy atom. The van der Waals surface area contributed by atoms with Gasteiger partial charge in [0.2, 0.25) is 0 Å². The summed E-state index contributed by atoms with van der Waals surface area (Å²) in [5.74, 6) is -0.124. The fourth-order valence-electron chi connectivity index (χ4n) is 2.18. The van der Waals surface area contributed by atoms with Crippen LogP contribution in [0.1, 0.15) is 25.7 Å². The van der Waals surface area contributed by atoms with Gasteiger partial charge in [-0.25, -0.2) is 4.98 Å². The van der Waals surface area contributed by atoms with Gasteiger partial charge in [0, 0.05) is 25.5 Å². The highest BCUT2D eigenvalue weighted by Gasteiger charge is 2.10. The van der Waals surface area contributed by atoms with Gasteiger partial charge in [0.25, 0.3) is 0 Å². The number of piperidine rings is 1. The van der Waals surface area contributed by atoms with Crippen molar-refractivity contribution in [1.82, 2.24) is 14.5 Å². The van der Waals surface area contributed by atoms with Crippen LogP contribution in [0.25, 0.3) is 0 Å². The molecule has 100 valence electrons. The first-order valence-corrected chi connectivity index (χ1v) is 6.68. The van der Waals surface area contributed by atoms with Crippen LogP contribution in [0.3, 0.4) is 0 Å². The molecule has 0 N–H and O–H groups in total. The minimum atomic E-state index is -0.124. The SMILES string of the molecule is O=C(CCn1ccnc1)OCCN1CCCCC1. The Hall–Kier alpha value is -1.36. The highest BCUT2D eigenvalue weighted by Crippen LogP contribution is 2.07. The molecule has 0 aromatic carbocycles. The quantitative estimate of drug-likeness (QED) is 0.715. The monoisotopic (exact) mass is 251 g/mol. The summed E-state index contributed by atoms with van der Waals surface area (Å²) in [4.78, 5) is 17.8. The maximum atomic E-state index is 11.5. The third-order valence-corrected chi connectivity index (χ3v) is 3.25. The number of nitrogens with zero attached hydrogens (tertiary/aromatic N) is 3. The zero-order valence-electron chi connectivity index (χ0n) is 10.8. The van der Waals surface area contributed by atoms with Crippen molar-refractivity contribution in [3.63, 3.8) is 0 Å². The van der Waals surface area contributed by atoms with E-state index in [2.05, 4.69) is 9.88 Å². The van der Waals surface area contributed by atoms with Gasteiger partial charge in [-0.2, -0.15) is 0 Å². The van der Waals surface area contributed by atoms with Crippen LogP contribution in [0.15, 0.2) is 18.7 Å². The molecule has 1 aromatic rings. The first-order chi connectivity index (χ1) is 8.84. The van der Waals surface area contributed by atoms with E-state index in [1.807, 2.05) is 10.8 Å². The van der Waals surface area contributed by atoms with Crippen molar-refractivity contribution in [3.8, 4) is 0 Å². The highest BCUT2D eigenvalue weighted by molar-refractivity contribution is 5.69. The van der Waals surface area contributed by atoms with Gasteiger partial charge in [0.05, 0.1) is 12.7 Å². The molecule has 1 aromatic heterocycles. The van der Waals surface area contributed by atoms with E-state index in [1.54, 1.807) is 12.5 Å². The van der Waals surface area contributed by atoms with E-state index in [4.69, 9.17) is 4.74 Å². The number of hydrogen-bond acceptors (Lipinski definition) is 4. The topological polar surface area (TPSA) is 47.4 Å². The lowest BCUT2D eigenvalue weighted by atomic mass is 10.1. The largest absolute Gasteiger partial charge is 0.464 e. The number of aromatic nitrogens is 2. The molecule has 2 heterocycles. The van der Waals surface area contributed by atoms with Crippen molar-refractivity contribution in [2.24, 2.45) is 0 Å². The van der Waals surface area contributed by atoms with Crippen LogP contribution >= 0.6 is 0 Å². The van der Waals surface area contributed by atoms with Crippen molar-refractivity contribution in [2.45, 2.75) is 32.2 Å². The lowest BCUT2D eigenvalue weighted by molar-refractivity contribution is -0.144. The number of likely N-dealkylation sites (tertiary alicyclic amines) is 1. The van der Waals surface area contributed by atoms with Crippen LogP contribution in [-0.2, 0) is 16.1 Å². The molecule has 5 nitrogen and oxygen atoms in total. The molecular formula is C13H21N3O2. The van der Waals surface area contributed by atoms with Gasteiger partial charge in [-0.1, -0.05) is 6.42 Å². The summed E-state index contributed by atoms with van der Waals surface area (Å²) in [5, 5.41) is 0. The van der Waals surface area contributed by atoms with Gasteiger partial charge >= 0.3 is 5.97 Å². The number of imidazole rings is 1. The molecule has 1 fully saturated rings. The molecule has 0 amide bonds. The molecule has 2 rings (SSSR count). The Morgan fingerprint density at radius 2 is 2.06 bits per heavy atom. The van der Waals surface area contributed by atoms with Gasteiger partial charge in [0.15, 0.2) is 0 Å². The number of carbonyl (C=O) groups excluding carboxylic acids is 1. The van der Waals surface area contributed by atoms with Crippen LogP contribution in [0, 0.1) is 0 Å². The van der Waals surface area contributed by atoms with E-state index in [1.165, 1.54) is 19.3 Å². The summed E-state index contributed by atoms with van der Waals surface area (Å²) in [7, 11) is 0. The number of carbonyl (C=O) groups is 1. The van der Waals surface area contributed by atoms with Crippen molar-refractivity contribution in [3.05, 3.63) is 18.7 Å². The fraction of sp³-hybridized carbons (Fsp3) is 0.692. The molecule has 1 aliphatic heterocycles.